The van der Waals surface area contributed by atoms with Crippen LogP contribution in [0.1, 0.15) is 15.9 Å². The van der Waals surface area contributed by atoms with Gasteiger partial charge in [-0.15, -0.1) is 11.3 Å². The maximum atomic E-state index is 12.9. The first-order valence-electron chi connectivity index (χ1n) is 4.31. The van der Waals surface area contributed by atoms with Crippen molar-refractivity contribution in [1.29, 1.82) is 0 Å². The highest BCUT2D eigenvalue weighted by Gasteiger charge is 2.13. The van der Waals surface area contributed by atoms with Crippen LogP contribution in [-0.4, -0.2) is 5.78 Å². The van der Waals surface area contributed by atoms with Crippen LogP contribution >= 0.6 is 33.9 Å². The molecule has 0 spiro atoms. The fourth-order valence-corrected chi connectivity index (χ4v) is 2.56. The second-order valence-electron chi connectivity index (χ2n) is 3.10. The van der Waals surface area contributed by atoms with Gasteiger partial charge in [-0.3, -0.25) is 4.79 Å². The second-order valence-corrected chi connectivity index (χ2v) is 5.90. The topological polar surface area (TPSA) is 17.1 Å². The highest BCUT2D eigenvalue weighted by Crippen LogP contribution is 2.20. The van der Waals surface area contributed by atoms with Crippen molar-refractivity contribution in [2.24, 2.45) is 0 Å². The van der Waals surface area contributed by atoms with Crippen LogP contribution in [-0.2, 0) is 0 Å². The van der Waals surface area contributed by atoms with Crippen LogP contribution in [0.2, 0.25) is 0 Å². The molecule has 5 heteroatoms. The van der Waals surface area contributed by atoms with E-state index >= 15 is 0 Å². The Bertz CT molecular complexity index is 551. The smallest absolute Gasteiger partial charge is 0.194 e. The van der Waals surface area contributed by atoms with Crippen molar-refractivity contribution in [1.82, 2.24) is 0 Å². The SMILES string of the molecule is O=C(c1csc(I)c1)c1ccc(F)c(F)c1. The van der Waals surface area contributed by atoms with Gasteiger partial charge in [-0.2, -0.15) is 0 Å². The molecule has 0 aliphatic heterocycles. The van der Waals surface area contributed by atoms with Crippen molar-refractivity contribution < 1.29 is 13.6 Å². The lowest BCUT2D eigenvalue weighted by Crippen LogP contribution is -2.00. The Morgan fingerprint density at radius 3 is 2.44 bits per heavy atom. The van der Waals surface area contributed by atoms with Crippen LogP contribution in [0.4, 0.5) is 8.78 Å². The Morgan fingerprint density at radius 2 is 1.88 bits per heavy atom. The van der Waals surface area contributed by atoms with Gasteiger partial charge in [0.15, 0.2) is 17.4 Å². The molecule has 1 nitrogen and oxygen atoms in total. The minimum atomic E-state index is -1.00. The maximum absolute atomic E-state index is 12.9. The summed E-state index contributed by atoms with van der Waals surface area (Å²) < 4.78 is 26.6. The van der Waals surface area contributed by atoms with Crippen LogP contribution in [0.25, 0.3) is 0 Å². The predicted molar refractivity (Wildman–Crippen MR) is 66.8 cm³/mol. The maximum Gasteiger partial charge on any atom is 0.194 e. The Hall–Kier alpha value is -0.820. The van der Waals surface area contributed by atoms with E-state index in [1.807, 2.05) is 0 Å². The van der Waals surface area contributed by atoms with Gasteiger partial charge in [-0.25, -0.2) is 8.78 Å². The highest BCUT2D eigenvalue weighted by atomic mass is 127. The van der Waals surface area contributed by atoms with E-state index in [0.717, 1.165) is 15.0 Å². The molecule has 0 aliphatic carbocycles. The number of halogens is 3. The van der Waals surface area contributed by atoms with Gasteiger partial charge in [0.25, 0.3) is 0 Å². The molecule has 0 amide bonds. The summed E-state index contributed by atoms with van der Waals surface area (Å²) in [6, 6.07) is 4.88. The molecule has 0 saturated carbocycles. The standard InChI is InChI=1S/C11H5F2IOS/c12-8-2-1-6(3-9(8)13)11(15)7-4-10(14)16-5-7/h1-5H. The van der Waals surface area contributed by atoms with Crippen molar-refractivity contribution in [2.45, 2.75) is 0 Å². The average molecular weight is 350 g/mol. The monoisotopic (exact) mass is 350 g/mol. The summed E-state index contributed by atoms with van der Waals surface area (Å²) >= 11 is 3.53. The Kier molecular flexibility index (Phi) is 3.34. The van der Waals surface area contributed by atoms with Gasteiger partial charge in [-0.1, -0.05) is 0 Å². The van der Waals surface area contributed by atoms with E-state index in [0.29, 0.717) is 5.56 Å². The number of thiophene rings is 1. The quantitative estimate of drug-likeness (QED) is 0.594. The molecule has 0 fully saturated rings. The van der Waals surface area contributed by atoms with Crippen LogP contribution in [0.5, 0.6) is 0 Å². The lowest BCUT2D eigenvalue weighted by atomic mass is 10.1. The zero-order valence-electron chi connectivity index (χ0n) is 7.84. The lowest BCUT2D eigenvalue weighted by molar-refractivity contribution is 0.103. The second kappa shape index (κ2) is 4.58. The number of carbonyl (C=O) groups excluding carboxylic acids is 1. The summed E-state index contributed by atoms with van der Waals surface area (Å²) in [7, 11) is 0. The fraction of sp³-hybridized carbons (Fsp3) is 0. The van der Waals surface area contributed by atoms with Crippen molar-refractivity contribution in [2.75, 3.05) is 0 Å². The minimum absolute atomic E-state index is 0.160. The molecule has 0 saturated heterocycles. The zero-order chi connectivity index (χ0) is 11.7. The molecule has 0 N–H and O–H groups in total. The van der Waals surface area contributed by atoms with Gasteiger partial charge < -0.3 is 0 Å². The molecule has 0 radical (unpaired) electrons. The van der Waals surface area contributed by atoms with E-state index < -0.39 is 11.6 Å². The molecule has 2 aromatic rings. The van der Waals surface area contributed by atoms with E-state index in [1.165, 1.54) is 17.4 Å². The van der Waals surface area contributed by atoms with E-state index in [1.54, 1.807) is 11.4 Å². The number of carbonyl (C=O) groups is 1. The molecular weight excluding hydrogens is 345 g/mol. The first-order chi connectivity index (χ1) is 7.58. The van der Waals surface area contributed by atoms with Gasteiger partial charge in [-0.05, 0) is 46.9 Å². The summed E-state index contributed by atoms with van der Waals surface area (Å²) in [5, 5.41) is 1.70. The summed E-state index contributed by atoms with van der Waals surface area (Å²) in [5.41, 5.74) is 0.661. The van der Waals surface area contributed by atoms with Crippen molar-refractivity contribution in [3.63, 3.8) is 0 Å². The van der Waals surface area contributed by atoms with E-state index in [9.17, 15) is 13.6 Å². The van der Waals surface area contributed by atoms with Crippen molar-refractivity contribution >= 4 is 39.7 Å². The molecule has 0 unspecified atom stereocenters. The molecule has 0 aliphatic rings. The number of benzene rings is 1. The normalized spacial score (nSPS) is 10.4. The third kappa shape index (κ3) is 2.30. The third-order valence-electron chi connectivity index (χ3n) is 2.01. The van der Waals surface area contributed by atoms with Crippen LogP contribution < -0.4 is 0 Å². The zero-order valence-corrected chi connectivity index (χ0v) is 10.8. The van der Waals surface area contributed by atoms with E-state index in [2.05, 4.69) is 22.6 Å². The number of hydrogen-bond acceptors (Lipinski definition) is 2. The Morgan fingerprint density at radius 1 is 1.12 bits per heavy atom. The molecule has 16 heavy (non-hydrogen) atoms. The summed E-state index contributed by atoms with van der Waals surface area (Å²) in [6.07, 6.45) is 0. The molecular formula is C11H5F2IOS. The summed E-state index contributed by atoms with van der Waals surface area (Å²) in [6.45, 7) is 0. The lowest BCUT2D eigenvalue weighted by Gasteiger charge is -1.99. The van der Waals surface area contributed by atoms with Gasteiger partial charge >= 0.3 is 0 Å². The molecule has 82 valence electrons. The van der Waals surface area contributed by atoms with Crippen LogP contribution in [0.3, 0.4) is 0 Å². The number of rotatable bonds is 2. The minimum Gasteiger partial charge on any atom is -0.289 e. The van der Waals surface area contributed by atoms with Gasteiger partial charge in [0, 0.05) is 16.5 Å². The van der Waals surface area contributed by atoms with Crippen molar-refractivity contribution in [3.05, 3.63) is 55.3 Å². The average Bonchev–Trinajstić information content (AvgIpc) is 2.68. The molecule has 1 aromatic carbocycles. The molecule has 0 bridgehead atoms. The van der Waals surface area contributed by atoms with E-state index in [4.69, 9.17) is 0 Å². The predicted octanol–water partition coefficient (Wildman–Crippen LogP) is 3.86. The molecule has 0 atom stereocenters. The number of ketones is 1. The van der Waals surface area contributed by atoms with Crippen molar-refractivity contribution in [3.8, 4) is 0 Å². The van der Waals surface area contributed by atoms with Crippen LogP contribution in [0.15, 0.2) is 29.6 Å². The molecule has 2 rings (SSSR count). The largest absolute Gasteiger partial charge is 0.289 e. The van der Waals surface area contributed by atoms with E-state index in [-0.39, 0.29) is 11.3 Å². The highest BCUT2D eigenvalue weighted by molar-refractivity contribution is 14.1. The molecule has 1 heterocycles. The molecule has 1 aromatic heterocycles. The van der Waals surface area contributed by atoms with Gasteiger partial charge in [0.05, 0.1) is 2.88 Å². The summed E-state index contributed by atoms with van der Waals surface area (Å²) in [4.78, 5) is 11.8. The Labute approximate surface area is 108 Å². The first-order valence-corrected chi connectivity index (χ1v) is 6.27. The van der Waals surface area contributed by atoms with Gasteiger partial charge in [0.1, 0.15) is 0 Å². The fourth-order valence-electron chi connectivity index (χ4n) is 1.23. The number of hydrogen-bond donors (Lipinski definition) is 0. The van der Waals surface area contributed by atoms with Gasteiger partial charge in [0.2, 0.25) is 0 Å². The Balaban J connectivity index is 2.38. The summed E-state index contributed by atoms with van der Waals surface area (Å²) in [5.74, 6) is -2.25. The first kappa shape index (κ1) is 11.7. The van der Waals surface area contributed by atoms with Crippen LogP contribution in [0, 0.1) is 14.5 Å². The third-order valence-corrected chi connectivity index (χ3v) is 3.80.